The number of para-hydroxylation sites is 2. The van der Waals surface area contributed by atoms with Crippen molar-refractivity contribution < 1.29 is 18.1 Å². The number of rotatable bonds is 7. The molecule has 1 amide bonds. The first kappa shape index (κ1) is 17.8. The summed E-state index contributed by atoms with van der Waals surface area (Å²) in [5.41, 5.74) is 4.56. The number of nitro groups is 1. The summed E-state index contributed by atoms with van der Waals surface area (Å²) in [6.45, 7) is -0.437. The van der Waals surface area contributed by atoms with Gasteiger partial charge < -0.3 is 0 Å². The van der Waals surface area contributed by atoms with E-state index in [2.05, 4.69) is 10.9 Å². The van der Waals surface area contributed by atoms with Crippen LogP contribution >= 0.6 is 11.3 Å². The molecule has 0 saturated heterocycles. The number of nitro benzene ring substituents is 1. The van der Waals surface area contributed by atoms with Gasteiger partial charge in [0, 0.05) is 13.1 Å². The number of sulfonamides is 1. The third kappa shape index (κ3) is 4.07. The fraction of sp³-hybridized carbons (Fsp3) is 0.154. The predicted molar refractivity (Wildman–Crippen MR) is 89.0 cm³/mol. The van der Waals surface area contributed by atoms with E-state index in [1.165, 1.54) is 31.3 Å². The smallest absolute Gasteiger partial charge is 0.292 e. The Morgan fingerprint density at radius 2 is 2.00 bits per heavy atom. The molecule has 24 heavy (non-hydrogen) atoms. The Hall–Kier alpha value is -2.50. The summed E-state index contributed by atoms with van der Waals surface area (Å²) in [4.78, 5) is 22.2. The molecule has 2 rings (SSSR count). The molecule has 9 nitrogen and oxygen atoms in total. The lowest BCUT2D eigenvalue weighted by atomic mass is 10.3. The molecule has 0 atom stereocenters. The number of carbonyl (C=O) groups is 1. The Morgan fingerprint density at radius 1 is 1.29 bits per heavy atom. The number of hydrazine groups is 1. The fourth-order valence-electron chi connectivity index (χ4n) is 1.77. The molecule has 0 fully saturated rings. The van der Waals surface area contributed by atoms with E-state index in [0.29, 0.717) is 0 Å². The third-order valence-corrected chi connectivity index (χ3v) is 6.14. The SMILES string of the molecule is CN(CC(=O)NNc1ccccc1[N+](=O)[O-])S(=O)(=O)c1cccs1. The Morgan fingerprint density at radius 3 is 2.62 bits per heavy atom. The molecule has 1 heterocycles. The van der Waals surface area contributed by atoms with E-state index in [1.54, 1.807) is 17.5 Å². The monoisotopic (exact) mass is 370 g/mol. The lowest BCUT2D eigenvalue weighted by Gasteiger charge is -2.16. The van der Waals surface area contributed by atoms with Crippen molar-refractivity contribution >= 4 is 38.6 Å². The van der Waals surface area contributed by atoms with Gasteiger partial charge in [-0.2, -0.15) is 4.31 Å². The number of likely N-dealkylation sites (N-methyl/N-ethyl adjacent to an activating group) is 1. The van der Waals surface area contributed by atoms with Gasteiger partial charge in [0.15, 0.2) is 0 Å². The lowest BCUT2D eigenvalue weighted by Crippen LogP contribution is -2.40. The molecule has 0 aliphatic heterocycles. The average Bonchev–Trinajstić information content (AvgIpc) is 3.08. The summed E-state index contributed by atoms with van der Waals surface area (Å²) in [7, 11) is -2.46. The van der Waals surface area contributed by atoms with Crippen LogP contribution in [0.1, 0.15) is 0 Å². The summed E-state index contributed by atoms with van der Waals surface area (Å²) in [5.74, 6) is -0.657. The second-order valence-corrected chi connectivity index (χ2v) is 7.86. The Bertz CT molecular complexity index is 836. The second kappa shape index (κ2) is 7.38. The first-order valence-electron chi connectivity index (χ1n) is 6.60. The normalized spacial score (nSPS) is 11.2. The van der Waals surface area contributed by atoms with Gasteiger partial charge in [-0.25, -0.2) is 8.42 Å². The van der Waals surface area contributed by atoms with Crippen molar-refractivity contribution in [3.05, 3.63) is 51.9 Å². The maximum Gasteiger partial charge on any atom is 0.294 e. The van der Waals surface area contributed by atoms with Gasteiger partial charge >= 0.3 is 0 Å². The number of hydrogen-bond acceptors (Lipinski definition) is 7. The van der Waals surface area contributed by atoms with Crippen LogP contribution in [0, 0.1) is 10.1 Å². The highest BCUT2D eigenvalue weighted by molar-refractivity contribution is 7.91. The van der Waals surface area contributed by atoms with Crippen LogP contribution < -0.4 is 10.9 Å². The van der Waals surface area contributed by atoms with Crippen molar-refractivity contribution in [2.45, 2.75) is 4.21 Å². The van der Waals surface area contributed by atoms with Gasteiger partial charge in [0.25, 0.3) is 21.6 Å². The van der Waals surface area contributed by atoms with Crippen molar-refractivity contribution in [3.63, 3.8) is 0 Å². The number of carbonyl (C=O) groups excluding carboxylic acids is 1. The van der Waals surface area contributed by atoms with E-state index in [9.17, 15) is 23.3 Å². The zero-order valence-electron chi connectivity index (χ0n) is 12.5. The molecule has 0 spiro atoms. The zero-order valence-corrected chi connectivity index (χ0v) is 14.1. The van der Waals surface area contributed by atoms with Gasteiger partial charge in [0.1, 0.15) is 9.90 Å². The maximum absolute atomic E-state index is 12.2. The van der Waals surface area contributed by atoms with E-state index in [0.717, 1.165) is 15.6 Å². The summed E-state index contributed by atoms with van der Waals surface area (Å²) in [6, 6.07) is 8.80. The quantitative estimate of drug-likeness (QED) is 0.561. The fourth-order valence-corrected chi connectivity index (χ4v) is 4.09. The Balaban J connectivity index is 1.98. The van der Waals surface area contributed by atoms with Gasteiger partial charge in [0.05, 0.1) is 11.5 Å². The van der Waals surface area contributed by atoms with Crippen molar-refractivity contribution in [2.75, 3.05) is 19.0 Å². The summed E-state index contributed by atoms with van der Waals surface area (Å²) >= 11 is 1.05. The summed E-state index contributed by atoms with van der Waals surface area (Å²) in [5, 5.41) is 12.5. The van der Waals surface area contributed by atoms with Crippen molar-refractivity contribution in [2.24, 2.45) is 0 Å². The number of benzene rings is 1. The Kier molecular flexibility index (Phi) is 5.49. The van der Waals surface area contributed by atoms with Crippen molar-refractivity contribution in [1.82, 2.24) is 9.73 Å². The Labute approximate surface area is 142 Å². The van der Waals surface area contributed by atoms with E-state index >= 15 is 0 Å². The van der Waals surface area contributed by atoms with Crippen molar-refractivity contribution in [1.29, 1.82) is 0 Å². The topological polar surface area (TPSA) is 122 Å². The number of nitrogens with one attached hydrogen (secondary N) is 2. The van der Waals surface area contributed by atoms with Gasteiger partial charge in [0.2, 0.25) is 0 Å². The van der Waals surface area contributed by atoms with Gasteiger partial charge in [-0.1, -0.05) is 18.2 Å². The molecule has 2 N–H and O–H groups in total. The van der Waals surface area contributed by atoms with Crippen molar-refractivity contribution in [3.8, 4) is 0 Å². The van der Waals surface area contributed by atoms with Crippen LogP contribution in [0.4, 0.5) is 11.4 Å². The van der Waals surface area contributed by atoms with Crippen LogP contribution in [0.5, 0.6) is 0 Å². The first-order chi connectivity index (χ1) is 11.3. The highest BCUT2D eigenvalue weighted by atomic mass is 32.2. The van der Waals surface area contributed by atoms with Crippen LogP contribution in [0.3, 0.4) is 0 Å². The van der Waals surface area contributed by atoms with Crippen LogP contribution in [-0.4, -0.2) is 37.1 Å². The minimum absolute atomic E-state index is 0.0969. The molecular weight excluding hydrogens is 356 g/mol. The molecule has 1 aromatic carbocycles. The third-order valence-electron chi connectivity index (χ3n) is 2.96. The van der Waals surface area contributed by atoms with Gasteiger partial charge in [-0.3, -0.25) is 25.8 Å². The number of hydrogen-bond donors (Lipinski definition) is 2. The maximum atomic E-state index is 12.2. The lowest BCUT2D eigenvalue weighted by molar-refractivity contribution is -0.384. The van der Waals surface area contributed by atoms with E-state index in [-0.39, 0.29) is 15.6 Å². The molecular formula is C13H14N4O5S2. The molecule has 0 bridgehead atoms. The van der Waals surface area contributed by atoms with E-state index in [4.69, 9.17) is 0 Å². The summed E-state index contributed by atoms with van der Waals surface area (Å²) in [6.07, 6.45) is 0. The first-order valence-corrected chi connectivity index (χ1v) is 8.92. The highest BCUT2D eigenvalue weighted by Gasteiger charge is 2.24. The molecule has 0 unspecified atom stereocenters. The number of amides is 1. The average molecular weight is 370 g/mol. The second-order valence-electron chi connectivity index (χ2n) is 4.64. The number of nitrogens with zero attached hydrogens (tertiary/aromatic N) is 2. The van der Waals surface area contributed by atoms with E-state index in [1.807, 2.05) is 0 Å². The largest absolute Gasteiger partial charge is 0.294 e. The molecule has 0 aliphatic rings. The van der Waals surface area contributed by atoms with E-state index < -0.39 is 27.4 Å². The molecule has 2 aromatic rings. The van der Waals surface area contributed by atoms with Crippen LogP contribution in [0.15, 0.2) is 46.0 Å². The van der Waals surface area contributed by atoms with Gasteiger partial charge in [-0.05, 0) is 17.5 Å². The predicted octanol–water partition coefficient (Wildman–Crippen LogP) is 1.42. The molecule has 0 aliphatic carbocycles. The summed E-state index contributed by atoms with van der Waals surface area (Å²) < 4.78 is 25.4. The molecule has 0 saturated carbocycles. The molecule has 1 aromatic heterocycles. The number of anilines is 1. The molecule has 11 heteroatoms. The number of thiophene rings is 1. The minimum Gasteiger partial charge on any atom is -0.292 e. The highest BCUT2D eigenvalue weighted by Crippen LogP contribution is 2.22. The van der Waals surface area contributed by atoms with Crippen LogP contribution in [0.25, 0.3) is 0 Å². The van der Waals surface area contributed by atoms with Gasteiger partial charge in [-0.15, -0.1) is 11.3 Å². The molecule has 0 radical (unpaired) electrons. The standard InChI is InChI=1S/C13H14N4O5S2/c1-16(24(21,22)13-7-4-8-23-13)9-12(18)15-14-10-5-2-3-6-11(10)17(19)20/h2-8,14H,9H2,1H3,(H,15,18). The van der Waals surface area contributed by atoms with Crippen LogP contribution in [0.2, 0.25) is 0 Å². The van der Waals surface area contributed by atoms with Crippen LogP contribution in [-0.2, 0) is 14.8 Å². The minimum atomic E-state index is -3.74. The zero-order chi connectivity index (χ0) is 17.7. The molecule has 128 valence electrons.